The fourth-order valence-corrected chi connectivity index (χ4v) is 1.68. The van der Waals surface area contributed by atoms with Gasteiger partial charge in [-0.2, -0.15) is 0 Å². The van der Waals surface area contributed by atoms with Gasteiger partial charge in [0.2, 0.25) is 6.43 Å². The van der Waals surface area contributed by atoms with E-state index < -0.39 is 43.4 Å². The topological polar surface area (TPSA) is 69.9 Å². The van der Waals surface area contributed by atoms with E-state index in [2.05, 4.69) is 0 Å². The lowest BCUT2D eigenvalue weighted by Crippen LogP contribution is -2.56. The molecule has 0 radical (unpaired) electrons. The predicted octanol–water partition coefficient (Wildman–Crippen LogP) is -0.631. The Hall–Kier alpha value is -0.300. The normalized spacial score (nSPS) is 44.4. The molecule has 0 aromatic heterocycles. The maximum Gasteiger partial charge on any atom is 0.246 e. The van der Waals surface area contributed by atoms with Crippen LogP contribution in [0.5, 0.6) is 0 Å². The number of hydrogen-bond donors (Lipinski definition) is 3. The second-order valence-corrected chi connectivity index (χ2v) is 3.46. The van der Waals surface area contributed by atoms with Crippen molar-refractivity contribution in [1.82, 2.24) is 0 Å². The molecule has 6 heteroatoms. The Balaban J connectivity index is 2.74. The molecule has 0 saturated carbocycles. The Labute approximate surface area is 80.1 Å². The second-order valence-electron chi connectivity index (χ2n) is 3.46. The molecule has 0 aromatic rings. The van der Waals surface area contributed by atoms with Gasteiger partial charge in [-0.3, -0.25) is 0 Å². The van der Waals surface area contributed by atoms with Gasteiger partial charge in [-0.05, 0) is 6.92 Å². The monoisotopic (exact) mass is 212 g/mol. The molecule has 1 aliphatic heterocycles. The van der Waals surface area contributed by atoms with E-state index in [0.717, 1.165) is 0 Å². The van der Waals surface area contributed by atoms with Crippen LogP contribution in [0, 0.1) is 5.92 Å². The summed E-state index contributed by atoms with van der Waals surface area (Å²) in [5.41, 5.74) is 0. The molecule has 1 saturated heterocycles. The second kappa shape index (κ2) is 4.48. The van der Waals surface area contributed by atoms with E-state index in [0.29, 0.717) is 0 Å². The van der Waals surface area contributed by atoms with Gasteiger partial charge < -0.3 is 20.1 Å². The molecule has 0 aliphatic carbocycles. The van der Waals surface area contributed by atoms with Gasteiger partial charge in [-0.25, -0.2) is 8.78 Å². The summed E-state index contributed by atoms with van der Waals surface area (Å²) in [4.78, 5) is 0. The molecular weight excluding hydrogens is 198 g/mol. The quantitative estimate of drug-likeness (QED) is 0.570. The van der Waals surface area contributed by atoms with Crippen LogP contribution in [0.15, 0.2) is 0 Å². The minimum absolute atomic E-state index is 0.501. The minimum Gasteiger partial charge on any atom is -0.394 e. The van der Waals surface area contributed by atoms with E-state index in [-0.39, 0.29) is 0 Å². The maximum atomic E-state index is 12.4. The van der Waals surface area contributed by atoms with E-state index >= 15 is 0 Å². The van der Waals surface area contributed by atoms with E-state index in [4.69, 9.17) is 9.84 Å². The number of ether oxygens (including phenoxy) is 1. The number of hydrogen-bond acceptors (Lipinski definition) is 4. The SMILES string of the molecule is CC1OC(CO)C(O)C(O)C1C(F)F. The number of rotatable bonds is 2. The highest BCUT2D eigenvalue weighted by Gasteiger charge is 2.46. The first-order valence-electron chi connectivity index (χ1n) is 4.39. The summed E-state index contributed by atoms with van der Waals surface area (Å²) in [6.07, 6.45) is -7.65. The molecule has 5 unspecified atom stereocenters. The largest absolute Gasteiger partial charge is 0.394 e. The van der Waals surface area contributed by atoms with Crippen molar-refractivity contribution in [2.24, 2.45) is 5.92 Å². The van der Waals surface area contributed by atoms with Gasteiger partial charge in [0, 0.05) is 0 Å². The Morgan fingerprint density at radius 3 is 2.29 bits per heavy atom. The molecule has 4 nitrogen and oxygen atoms in total. The Morgan fingerprint density at radius 2 is 1.86 bits per heavy atom. The van der Waals surface area contributed by atoms with Crippen molar-refractivity contribution in [2.75, 3.05) is 6.61 Å². The van der Waals surface area contributed by atoms with Crippen molar-refractivity contribution in [3.8, 4) is 0 Å². The predicted molar refractivity (Wildman–Crippen MR) is 42.9 cm³/mol. The van der Waals surface area contributed by atoms with Crippen molar-refractivity contribution in [1.29, 1.82) is 0 Å². The molecule has 0 bridgehead atoms. The molecule has 5 atom stereocenters. The Morgan fingerprint density at radius 1 is 1.29 bits per heavy atom. The van der Waals surface area contributed by atoms with Crippen LogP contribution in [-0.4, -0.2) is 52.8 Å². The van der Waals surface area contributed by atoms with E-state index in [1.165, 1.54) is 6.92 Å². The summed E-state index contributed by atoms with van der Waals surface area (Å²) in [6.45, 7) is 0.882. The van der Waals surface area contributed by atoms with Crippen LogP contribution in [0.1, 0.15) is 6.92 Å². The summed E-state index contributed by atoms with van der Waals surface area (Å²) >= 11 is 0. The lowest BCUT2D eigenvalue weighted by Gasteiger charge is -2.40. The number of alkyl halides is 2. The van der Waals surface area contributed by atoms with Crippen LogP contribution >= 0.6 is 0 Å². The van der Waals surface area contributed by atoms with Crippen molar-refractivity contribution in [3.05, 3.63) is 0 Å². The molecule has 0 amide bonds. The maximum absolute atomic E-state index is 12.4. The van der Waals surface area contributed by atoms with E-state index in [9.17, 15) is 19.0 Å². The average Bonchev–Trinajstić information content (AvgIpc) is 2.10. The molecule has 1 fully saturated rings. The summed E-state index contributed by atoms with van der Waals surface area (Å²) in [5, 5.41) is 27.4. The minimum atomic E-state index is -2.76. The van der Waals surface area contributed by atoms with Crippen molar-refractivity contribution in [2.45, 2.75) is 37.8 Å². The van der Waals surface area contributed by atoms with Gasteiger partial charge in [0.25, 0.3) is 0 Å². The first kappa shape index (κ1) is 11.8. The van der Waals surface area contributed by atoms with Gasteiger partial charge in [-0.15, -0.1) is 0 Å². The standard InChI is InChI=1S/C8H14F2O4/c1-3-5(8(9)10)7(13)6(12)4(2-11)14-3/h3-8,11-13H,2H2,1H3. The van der Waals surface area contributed by atoms with Gasteiger partial charge in [0.15, 0.2) is 0 Å². The van der Waals surface area contributed by atoms with Crippen LogP contribution in [0.3, 0.4) is 0 Å². The fraction of sp³-hybridized carbons (Fsp3) is 1.00. The summed E-state index contributed by atoms with van der Waals surface area (Å²) in [5.74, 6) is -1.41. The summed E-state index contributed by atoms with van der Waals surface area (Å²) in [7, 11) is 0. The lowest BCUT2D eigenvalue weighted by atomic mass is 9.88. The number of halogens is 2. The Bertz CT molecular complexity index is 190. The lowest BCUT2D eigenvalue weighted by molar-refractivity contribution is -0.226. The third-order valence-electron chi connectivity index (χ3n) is 2.53. The molecule has 0 spiro atoms. The first-order chi connectivity index (χ1) is 6.49. The van der Waals surface area contributed by atoms with Crippen LogP contribution in [-0.2, 0) is 4.74 Å². The molecule has 14 heavy (non-hydrogen) atoms. The highest BCUT2D eigenvalue weighted by molar-refractivity contribution is 4.91. The molecule has 1 heterocycles. The van der Waals surface area contributed by atoms with Crippen molar-refractivity contribution >= 4 is 0 Å². The van der Waals surface area contributed by atoms with Crippen molar-refractivity contribution < 1.29 is 28.8 Å². The summed E-state index contributed by atoms with van der Waals surface area (Å²) < 4.78 is 29.8. The molecule has 1 aliphatic rings. The number of aliphatic hydroxyl groups is 3. The van der Waals surface area contributed by atoms with Crippen LogP contribution in [0.25, 0.3) is 0 Å². The molecule has 3 N–H and O–H groups in total. The molecule has 84 valence electrons. The van der Waals surface area contributed by atoms with E-state index in [1.807, 2.05) is 0 Å². The molecule has 0 aromatic carbocycles. The third-order valence-corrected chi connectivity index (χ3v) is 2.53. The highest BCUT2D eigenvalue weighted by atomic mass is 19.3. The van der Waals surface area contributed by atoms with Crippen LogP contribution in [0.2, 0.25) is 0 Å². The van der Waals surface area contributed by atoms with Crippen LogP contribution in [0.4, 0.5) is 8.78 Å². The van der Waals surface area contributed by atoms with Gasteiger partial charge in [0.05, 0.1) is 24.7 Å². The smallest absolute Gasteiger partial charge is 0.246 e. The van der Waals surface area contributed by atoms with Gasteiger partial charge in [-0.1, -0.05) is 0 Å². The van der Waals surface area contributed by atoms with Crippen LogP contribution < -0.4 is 0 Å². The number of aliphatic hydroxyl groups excluding tert-OH is 3. The van der Waals surface area contributed by atoms with Gasteiger partial charge in [0.1, 0.15) is 12.2 Å². The van der Waals surface area contributed by atoms with Gasteiger partial charge >= 0.3 is 0 Å². The summed E-state index contributed by atoms with van der Waals surface area (Å²) in [6, 6.07) is 0. The van der Waals surface area contributed by atoms with E-state index in [1.54, 1.807) is 0 Å². The molecule has 1 rings (SSSR count). The first-order valence-corrected chi connectivity index (χ1v) is 4.39. The highest BCUT2D eigenvalue weighted by Crippen LogP contribution is 2.30. The third kappa shape index (κ3) is 2.03. The zero-order valence-electron chi connectivity index (χ0n) is 7.68. The zero-order chi connectivity index (χ0) is 10.9. The van der Waals surface area contributed by atoms with Crippen molar-refractivity contribution in [3.63, 3.8) is 0 Å². The molecular formula is C8H14F2O4. The average molecular weight is 212 g/mol. The Kier molecular flexibility index (Phi) is 3.77. The fourth-order valence-electron chi connectivity index (χ4n) is 1.68. The zero-order valence-corrected chi connectivity index (χ0v) is 7.68.